The van der Waals surface area contributed by atoms with Gasteiger partial charge in [0.05, 0.1) is 0 Å². The molecule has 1 heterocycles. The Kier molecular flexibility index (Phi) is 1.84. The van der Waals surface area contributed by atoms with Gasteiger partial charge in [-0.3, -0.25) is 9.59 Å². The smallest absolute Gasteiger partial charge is 0.344 e. The van der Waals surface area contributed by atoms with Crippen molar-refractivity contribution in [2.24, 2.45) is 10.3 Å². The van der Waals surface area contributed by atoms with Crippen molar-refractivity contribution in [2.45, 2.75) is 0 Å². The van der Waals surface area contributed by atoms with Gasteiger partial charge in [0.25, 0.3) is 5.91 Å². The molecular weight excluding hydrogens is 188 g/mol. The molecule has 0 saturated heterocycles. The summed E-state index contributed by atoms with van der Waals surface area (Å²) in [6.45, 7) is 0. The third kappa shape index (κ3) is 1.59. The lowest BCUT2D eigenvalue weighted by molar-refractivity contribution is -0.143. The third-order valence-corrected chi connectivity index (χ3v) is 1.99. The van der Waals surface area contributed by atoms with E-state index < -0.39 is 28.0 Å². The normalized spacial score (nSPS) is 26.3. The van der Waals surface area contributed by atoms with Crippen LogP contribution in [0.3, 0.4) is 0 Å². The van der Waals surface area contributed by atoms with Crippen molar-refractivity contribution >= 4 is 28.3 Å². The molecule has 0 fully saturated rings. The van der Waals surface area contributed by atoms with Gasteiger partial charge in [-0.25, -0.2) is 4.72 Å². The highest BCUT2D eigenvalue weighted by Gasteiger charge is 2.31. The predicted molar refractivity (Wildman–Crippen MR) is 36.7 cm³/mol. The number of nitrogens with zero attached hydrogens (tertiary/aromatic N) is 1. The first kappa shape index (κ1) is 8.65. The van der Waals surface area contributed by atoms with E-state index in [1.54, 1.807) is 0 Å². The summed E-state index contributed by atoms with van der Waals surface area (Å²) in [6, 6.07) is 0. The first-order valence-electron chi connectivity index (χ1n) is 2.77. The maximum Gasteiger partial charge on any atom is 0.344 e. The molecule has 0 aliphatic carbocycles. The molecule has 0 bridgehead atoms. The van der Waals surface area contributed by atoms with Crippen LogP contribution in [0.4, 0.5) is 0 Å². The molecule has 8 heteroatoms. The summed E-state index contributed by atoms with van der Waals surface area (Å²) in [5.41, 5.74) is 0. The highest BCUT2D eigenvalue weighted by molar-refractivity contribution is 7.89. The number of rotatable bonds is 1. The number of hydrogen-bond acceptors (Lipinski definition) is 4. The van der Waals surface area contributed by atoms with Crippen LogP contribution in [-0.4, -0.2) is 31.6 Å². The van der Waals surface area contributed by atoms with Gasteiger partial charge in [0.2, 0.25) is 0 Å². The number of hydrogen-bond donors (Lipinski definition) is 2. The summed E-state index contributed by atoms with van der Waals surface area (Å²) in [4.78, 5) is 20.9. The van der Waals surface area contributed by atoms with Crippen LogP contribution in [0.1, 0.15) is 0 Å². The van der Waals surface area contributed by atoms with Crippen molar-refractivity contribution in [1.82, 2.24) is 4.72 Å². The Morgan fingerprint density at radius 3 is 2.67 bits per heavy atom. The van der Waals surface area contributed by atoms with Gasteiger partial charge in [-0.05, 0) is 0 Å². The molecule has 1 amide bonds. The van der Waals surface area contributed by atoms with Gasteiger partial charge in [0, 0.05) is 6.21 Å². The van der Waals surface area contributed by atoms with Crippen LogP contribution in [0, 0.1) is 5.92 Å². The van der Waals surface area contributed by atoms with E-state index in [0.717, 1.165) is 0 Å². The van der Waals surface area contributed by atoms with Crippen LogP contribution in [0.5, 0.6) is 0 Å². The van der Waals surface area contributed by atoms with Crippen LogP contribution in [0.25, 0.3) is 0 Å². The second-order valence-corrected chi connectivity index (χ2v) is 3.38. The summed E-state index contributed by atoms with van der Waals surface area (Å²) in [5, 5.41) is 8.33. The Hall–Kier alpha value is -1.44. The Labute approximate surface area is 67.3 Å². The fraction of sp³-hybridized carbons (Fsp3) is 0.250. The molecule has 7 nitrogen and oxygen atoms in total. The zero-order valence-electron chi connectivity index (χ0n) is 5.59. The first-order chi connectivity index (χ1) is 5.42. The van der Waals surface area contributed by atoms with Gasteiger partial charge in [-0.15, -0.1) is 0 Å². The molecule has 0 aromatic carbocycles. The number of aliphatic carboxylic acids is 1. The molecule has 12 heavy (non-hydrogen) atoms. The van der Waals surface area contributed by atoms with E-state index in [-0.39, 0.29) is 0 Å². The van der Waals surface area contributed by atoms with Gasteiger partial charge in [-0.1, -0.05) is 0 Å². The highest BCUT2D eigenvalue weighted by atomic mass is 32.2. The molecular formula is C4H4N2O5S. The van der Waals surface area contributed by atoms with E-state index in [1.807, 2.05) is 0 Å². The average Bonchev–Trinajstić information content (AvgIpc) is 1.83. The summed E-state index contributed by atoms with van der Waals surface area (Å²) in [7, 11) is -3.99. The second-order valence-electron chi connectivity index (χ2n) is 2.01. The quantitative estimate of drug-likeness (QED) is 0.472. The molecule has 0 aromatic heterocycles. The van der Waals surface area contributed by atoms with Gasteiger partial charge < -0.3 is 5.11 Å². The summed E-state index contributed by atoms with van der Waals surface area (Å²) < 4.78 is 25.3. The molecule has 66 valence electrons. The van der Waals surface area contributed by atoms with E-state index >= 15 is 0 Å². The SMILES string of the molecule is O=C(O)C1C=NS(=O)(=O)NC1=O. The van der Waals surface area contributed by atoms with Gasteiger partial charge in [-0.2, -0.15) is 12.8 Å². The lowest BCUT2D eigenvalue weighted by Crippen LogP contribution is -2.42. The van der Waals surface area contributed by atoms with Crippen molar-refractivity contribution in [3.63, 3.8) is 0 Å². The molecule has 1 aliphatic heterocycles. The number of carboxylic acid groups (broad SMARTS) is 1. The first-order valence-corrected chi connectivity index (χ1v) is 4.21. The summed E-state index contributed by atoms with van der Waals surface area (Å²) in [6.07, 6.45) is 0.580. The fourth-order valence-corrected chi connectivity index (χ4v) is 1.32. The van der Waals surface area contributed by atoms with E-state index in [0.29, 0.717) is 6.21 Å². The van der Waals surface area contributed by atoms with Crippen molar-refractivity contribution in [1.29, 1.82) is 0 Å². The zero-order valence-corrected chi connectivity index (χ0v) is 6.41. The van der Waals surface area contributed by atoms with E-state index in [2.05, 4.69) is 4.40 Å². The molecule has 2 N–H and O–H groups in total. The average molecular weight is 192 g/mol. The maximum absolute atomic E-state index is 10.7. The molecule has 0 aromatic rings. The lowest BCUT2D eigenvalue weighted by Gasteiger charge is -2.10. The summed E-state index contributed by atoms with van der Waals surface area (Å²) >= 11 is 0. The molecule has 0 radical (unpaired) electrons. The number of nitrogens with one attached hydrogen (secondary N) is 1. The van der Waals surface area contributed by atoms with Crippen molar-refractivity contribution in [3.05, 3.63) is 0 Å². The Balaban J connectivity index is 3.02. The van der Waals surface area contributed by atoms with Crippen LogP contribution in [0.2, 0.25) is 0 Å². The Morgan fingerprint density at radius 1 is 1.67 bits per heavy atom. The minimum absolute atomic E-state index is 0.580. The number of carbonyl (C=O) groups is 2. The van der Waals surface area contributed by atoms with E-state index in [9.17, 15) is 18.0 Å². The van der Waals surface area contributed by atoms with Crippen molar-refractivity contribution < 1.29 is 23.1 Å². The summed E-state index contributed by atoms with van der Waals surface area (Å²) in [5.74, 6) is -4.06. The Morgan fingerprint density at radius 2 is 2.25 bits per heavy atom. The van der Waals surface area contributed by atoms with Crippen molar-refractivity contribution in [2.75, 3.05) is 0 Å². The number of carbonyl (C=O) groups excluding carboxylic acids is 1. The van der Waals surface area contributed by atoms with Gasteiger partial charge in [0.1, 0.15) is 0 Å². The van der Waals surface area contributed by atoms with E-state index in [4.69, 9.17) is 5.11 Å². The predicted octanol–water partition coefficient (Wildman–Crippen LogP) is -1.87. The molecule has 0 saturated carbocycles. The number of carboxylic acids is 1. The van der Waals surface area contributed by atoms with Crippen LogP contribution >= 0.6 is 0 Å². The molecule has 1 unspecified atom stereocenters. The molecule has 1 atom stereocenters. The van der Waals surface area contributed by atoms with Crippen molar-refractivity contribution in [3.8, 4) is 0 Å². The fourth-order valence-electron chi connectivity index (χ4n) is 0.602. The minimum Gasteiger partial charge on any atom is -0.480 e. The van der Waals surface area contributed by atoms with Crippen LogP contribution in [0.15, 0.2) is 4.40 Å². The zero-order chi connectivity index (χ0) is 9.35. The molecule has 1 rings (SSSR count). The second kappa shape index (κ2) is 2.55. The highest BCUT2D eigenvalue weighted by Crippen LogP contribution is 2.02. The molecule has 1 aliphatic rings. The standard InChI is InChI=1S/C4H4N2O5S/c7-3-2(4(8)9)1-5-12(10,11)6-3/h1-2H,(H,6,7)(H,8,9). The Bertz CT molecular complexity index is 356. The largest absolute Gasteiger partial charge is 0.480 e. The van der Waals surface area contributed by atoms with Crippen LogP contribution < -0.4 is 4.72 Å². The maximum atomic E-state index is 10.7. The minimum atomic E-state index is -3.99. The third-order valence-electron chi connectivity index (χ3n) is 1.13. The van der Waals surface area contributed by atoms with Crippen LogP contribution in [-0.2, 0) is 19.8 Å². The molecule has 0 spiro atoms. The van der Waals surface area contributed by atoms with Gasteiger partial charge in [0.15, 0.2) is 5.92 Å². The monoisotopic (exact) mass is 192 g/mol. The topological polar surface area (TPSA) is 113 Å². The van der Waals surface area contributed by atoms with E-state index in [1.165, 1.54) is 4.72 Å². The number of amides is 1. The lowest BCUT2D eigenvalue weighted by atomic mass is 10.1. The van der Waals surface area contributed by atoms with Gasteiger partial charge >= 0.3 is 16.2 Å².